The molecule has 1 aliphatic rings. The van der Waals surface area contributed by atoms with Gasteiger partial charge in [-0.2, -0.15) is 0 Å². The largest absolute Gasteiger partial charge is 0.349 e. The molecule has 102 valence electrons. The number of carbonyl (C=O) groups is 1. The van der Waals surface area contributed by atoms with E-state index in [4.69, 9.17) is 11.6 Å². The van der Waals surface area contributed by atoms with Gasteiger partial charge in [-0.15, -0.1) is 0 Å². The average Bonchev–Trinajstić information content (AvgIpc) is 3.07. The zero-order valence-corrected chi connectivity index (χ0v) is 11.3. The first-order chi connectivity index (χ1) is 9.02. The quantitative estimate of drug-likeness (QED) is 0.666. The Morgan fingerprint density at radius 1 is 1.58 bits per heavy atom. The maximum absolute atomic E-state index is 12.0. The summed E-state index contributed by atoms with van der Waals surface area (Å²) in [5, 5.41) is 13.7. The SMILES string of the molecule is CCCC1CC1NC(=O)c1ccc(Cl)c([N+](=O)[O-])c1. The van der Waals surface area contributed by atoms with E-state index in [1.54, 1.807) is 0 Å². The molecule has 0 saturated heterocycles. The Labute approximate surface area is 116 Å². The van der Waals surface area contributed by atoms with Crippen molar-refractivity contribution in [3.8, 4) is 0 Å². The van der Waals surface area contributed by atoms with Crippen LogP contribution in [0.25, 0.3) is 0 Å². The highest BCUT2D eigenvalue weighted by molar-refractivity contribution is 6.32. The van der Waals surface area contributed by atoms with Crippen LogP contribution in [0.15, 0.2) is 18.2 Å². The number of nitrogens with zero attached hydrogens (tertiary/aromatic N) is 1. The fourth-order valence-electron chi connectivity index (χ4n) is 2.16. The molecule has 1 aliphatic carbocycles. The minimum Gasteiger partial charge on any atom is -0.349 e. The second-order valence-corrected chi connectivity index (χ2v) is 5.19. The zero-order chi connectivity index (χ0) is 14.0. The van der Waals surface area contributed by atoms with Gasteiger partial charge in [-0.05, 0) is 30.9 Å². The molecule has 0 bridgehead atoms. The molecule has 1 saturated carbocycles. The van der Waals surface area contributed by atoms with Gasteiger partial charge in [-0.1, -0.05) is 24.9 Å². The molecule has 1 fully saturated rings. The van der Waals surface area contributed by atoms with Gasteiger partial charge in [0.1, 0.15) is 5.02 Å². The first-order valence-electron chi connectivity index (χ1n) is 6.27. The number of hydrogen-bond donors (Lipinski definition) is 1. The predicted octanol–water partition coefficient (Wildman–Crippen LogP) is 3.17. The summed E-state index contributed by atoms with van der Waals surface area (Å²) >= 11 is 5.71. The summed E-state index contributed by atoms with van der Waals surface area (Å²) in [7, 11) is 0. The lowest BCUT2D eigenvalue weighted by Gasteiger charge is -2.05. The van der Waals surface area contributed by atoms with Gasteiger partial charge in [0, 0.05) is 17.7 Å². The topological polar surface area (TPSA) is 72.2 Å². The maximum Gasteiger partial charge on any atom is 0.288 e. The maximum atomic E-state index is 12.0. The van der Waals surface area contributed by atoms with Crippen LogP contribution in [0.5, 0.6) is 0 Å². The lowest BCUT2D eigenvalue weighted by molar-refractivity contribution is -0.384. The monoisotopic (exact) mass is 282 g/mol. The summed E-state index contributed by atoms with van der Waals surface area (Å²) in [6.07, 6.45) is 3.20. The van der Waals surface area contributed by atoms with Crippen molar-refractivity contribution in [2.45, 2.75) is 32.2 Å². The predicted molar refractivity (Wildman–Crippen MR) is 72.4 cm³/mol. The van der Waals surface area contributed by atoms with Crippen LogP contribution in [0.4, 0.5) is 5.69 Å². The van der Waals surface area contributed by atoms with Crippen molar-refractivity contribution >= 4 is 23.2 Å². The molecule has 19 heavy (non-hydrogen) atoms. The van der Waals surface area contributed by atoms with Crippen LogP contribution in [0.2, 0.25) is 5.02 Å². The van der Waals surface area contributed by atoms with E-state index in [0.717, 1.165) is 19.3 Å². The molecule has 2 unspecified atom stereocenters. The lowest BCUT2D eigenvalue weighted by atomic mass is 10.2. The van der Waals surface area contributed by atoms with Crippen molar-refractivity contribution < 1.29 is 9.72 Å². The summed E-state index contributed by atoms with van der Waals surface area (Å²) in [6, 6.07) is 4.31. The van der Waals surface area contributed by atoms with Gasteiger partial charge in [0.2, 0.25) is 0 Å². The second-order valence-electron chi connectivity index (χ2n) is 4.79. The van der Waals surface area contributed by atoms with Crippen LogP contribution in [0, 0.1) is 16.0 Å². The highest BCUT2D eigenvalue weighted by Crippen LogP contribution is 2.35. The number of halogens is 1. The van der Waals surface area contributed by atoms with Gasteiger partial charge in [0.05, 0.1) is 4.92 Å². The number of nitro groups is 1. The Morgan fingerprint density at radius 3 is 2.95 bits per heavy atom. The van der Waals surface area contributed by atoms with E-state index in [1.165, 1.54) is 18.2 Å². The molecule has 0 aliphatic heterocycles. The zero-order valence-electron chi connectivity index (χ0n) is 10.6. The van der Waals surface area contributed by atoms with E-state index in [2.05, 4.69) is 12.2 Å². The highest BCUT2D eigenvalue weighted by atomic mass is 35.5. The van der Waals surface area contributed by atoms with Crippen molar-refractivity contribution in [1.29, 1.82) is 0 Å². The molecule has 0 aromatic heterocycles. The first-order valence-corrected chi connectivity index (χ1v) is 6.65. The summed E-state index contributed by atoms with van der Waals surface area (Å²) < 4.78 is 0. The van der Waals surface area contributed by atoms with Gasteiger partial charge in [0.25, 0.3) is 11.6 Å². The smallest absolute Gasteiger partial charge is 0.288 e. The van der Waals surface area contributed by atoms with Crippen LogP contribution < -0.4 is 5.32 Å². The molecular weight excluding hydrogens is 268 g/mol. The molecule has 0 heterocycles. The Morgan fingerprint density at radius 2 is 2.32 bits per heavy atom. The molecule has 1 N–H and O–H groups in total. The van der Waals surface area contributed by atoms with Crippen LogP contribution in [-0.4, -0.2) is 16.9 Å². The molecule has 1 amide bonds. The minimum atomic E-state index is -0.587. The van der Waals surface area contributed by atoms with Crippen molar-refractivity contribution in [3.63, 3.8) is 0 Å². The Kier molecular flexibility index (Phi) is 4.04. The fraction of sp³-hybridized carbons (Fsp3) is 0.462. The molecule has 2 atom stereocenters. The van der Waals surface area contributed by atoms with Crippen molar-refractivity contribution in [2.75, 3.05) is 0 Å². The number of rotatable bonds is 5. The standard InChI is InChI=1S/C13H15ClN2O3/c1-2-3-8-6-11(8)15-13(17)9-4-5-10(14)12(7-9)16(18)19/h4-5,7-8,11H,2-3,6H2,1H3,(H,15,17). The van der Waals surface area contributed by atoms with Gasteiger partial charge in [0.15, 0.2) is 0 Å². The number of nitrogens with one attached hydrogen (secondary N) is 1. The second kappa shape index (κ2) is 5.57. The van der Waals surface area contributed by atoms with E-state index in [1.807, 2.05) is 0 Å². The van der Waals surface area contributed by atoms with E-state index in [-0.39, 0.29) is 28.2 Å². The fourth-order valence-corrected chi connectivity index (χ4v) is 2.35. The van der Waals surface area contributed by atoms with Crippen molar-refractivity contribution in [3.05, 3.63) is 38.9 Å². The molecule has 1 aromatic rings. The van der Waals surface area contributed by atoms with Crippen LogP contribution >= 0.6 is 11.6 Å². The average molecular weight is 283 g/mol. The third kappa shape index (κ3) is 3.23. The van der Waals surface area contributed by atoms with E-state index in [9.17, 15) is 14.9 Å². The van der Waals surface area contributed by atoms with E-state index < -0.39 is 4.92 Å². The third-order valence-electron chi connectivity index (χ3n) is 3.30. The van der Waals surface area contributed by atoms with Crippen LogP contribution in [0.1, 0.15) is 36.5 Å². The lowest BCUT2D eigenvalue weighted by Crippen LogP contribution is -2.26. The number of hydrogen-bond acceptors (Lipinski definition) is 3. The molecule has 0 radical (unpaired) electrons. The van der Waals surface area contributed by atoms with Crippen LogP contribution in [-0.2, 0) is 0 Å². The van der Waals surface area contributed by atoms with E-state index >= 15 is 0 Å². The summed E-state index contributed by atoms with van der Waals surface area (Å²) in [5.41, 5.74) is 0.0356. The minimum absolute atomic E-state index is 0.0387. The molecule has 6 heteroatoms. The number of carbonyl (C=O) groups excluding carboxylic acids is 1. The Balaban J connectivity index is 2.04. The normalized spacial score (nSPS) is 20.9. The summed E-state index contributed by atoms with van der Waals surface area (Å²) in [6.45, 7) is 2.11. The van der Waals surface area contributed by atoms with Crippen molar-refractivity contribution in [1.82, 2.24) is 5.32 Å². The van der Waals surface area contributed by atoms with Gasteiger partial charge in [-0.3, -0.25) is 14.9 Å². The number of amides is 1. The van der Waals surface area contributed by atoms with Crippen molar-refractivity contribution in [2.24, 2.45) is 5.92 Å². The molecular formula is C13H15ClN2O3. The number of benzene rings is 1. The van der Waals surface area contributed by atoms with Gasteiger partial charge >= 0.3 is 0 Å². The molecule has 2 rings (SSSR count). The molecule has 5 nitrogen and oxygen atoms in total. The first kappa shape index (κ1) is 13.8. The Hall–Kier alpha value is -1.62. The van der Waals surface area contributed by atoms with Crippen LogP contribution in [0.3, 0.4) is 0 Å². The third-order valence-corrected chi connectivity index (χ3v) is 3.62. The van der Waals surface area contributed by atoms with Gasteiger partial charge < -0.3 is 5.32 Å². The number of nitro benzene ring substituents is 1. The summed E-state index contributed by atoms with van der Waals surface area (Å²) in [4.78, 5) is 22.1. The molecule has 0 spiro atoms. The van der Waals surface area contributed by atoms with E-state index in [0.29, 0.717) is 5.92 Å². The molecule has 1 aromatic carbocycles. The Bertz CT molecular complexity index is 519. The van der Waals surface area contributed by atoms with Gasteiger partial charge in [-0.25, -0.2) is 0 Å². The highest BCUT2D eigenvalue weighted by Gasteiger charge is 2.37. The summed E-state index contributed by atoms with van der Waals surface area (Å²) in [5.74, 6) is 0.277.